The molecule has 6 nitrogen and oxygen atoms in total. The number of thiophene rings is 1. The summed E-state index contributed by atoms with van der Waals surface area (Å²) in [6, 6.07) is 4.27. The maximum Gasteiger partial charge on any atom is 0.416 e. The number of benzene rings is 1. The maximum absolute atomic E-state index is 12.5. The van der Waals surface area contributed by atoms with Crippen LogP contribution in [0.1, 0.15) is 5.56 Å². The molecule has 24 heavy (non-hydrogen) atoms. The van der Waals surface area contributed by atoms with Crippen molar-refractivity contribution in [2.24, 2.45) is 0 Å². The average Bonchev–Trinajstić information content (AvgIpc) is 2.88. The Balaban J connectivity index is 2.39. The topological polar surface area (TPSA) is 80.5 Å². The largest absolute Gasteiger partial charge is 0.416 e. The van der Waals surface area contributed by atoms with E-state index in [-0.39, 0.29) is 14.2 Å². The zero-order valence-corrected chi connectivity index (χ0v) is 14.1. The molecule has 0 bridgehead atoms. The van der Waals surface area contributed by atoms with E-state index in [1.165, 1.54) is 0 Å². The molecular formula is C12H8ClF3N2O4S2. The molecule has 0 saturated heterocycles. The molecule has 130 valence electrons. The molecule has 0 atom stereocenters. The van der Waals surface area contributed by atoms with Gasteiger partial charge in [-0.25, -0.2) is 8.42 Å². The Labute approximate surface area is 143 Å². The lowest BCUT2D eigenvalue weighted by Crippen LogP contribution is -2.25. The van der Waals surface area contributed by atoms with E-state index in [0.29, 0.717) is 11.3 Å². The Kier molecular flexibility index (Phi) is 4.79. The highest BCUT2D eigenvalue weighted by Gasteiger charge is 2.32. The van der Waals surface area contributed by atoms with Crippen LogP contribution in [0.2, 0.25) is 4.34 Å². The fourth-order valence-corrected chi connectivity index (χ4v) is 4.76. The molecule has 12 heteroatoms. The van der Waals surface area contributed by atoms with Crippen molar-refractivity contribution in [3.63, 3.8) is 0 Å². The number of nitro groups is 1. The molecule has 2 rings (SSSR count). The van der Waals surface area contributed by atoms with E-state index in [0.717, 1.165) is 41.7 Å². The number of nitrogens with zero attached hydrogens (tertiary/aromatic N) is 2. The first-order valence-corrected chi connectivity index (χ1v) is 8.68. The Morgan fingerprint density at radius 3 is 2.21 bits per heavy atom. The van der Waals surface area contributed by atoms with E-state index in [4.69, 9.17) is 11.6 Å². The highest BCUT2D eigenvalue weighted by molar-refractivity contribution is 7.94. The van der Waals surface area contributed by atoms with Crippen molar-refractivity contribution in [2.45, 2.75) is 10.4 Å². The lowest BCUT2D eigenvalue weighted by atomic mass is 10.2. The molecule has 0 aliphatic heterocycles. The second-order valence-corrected chi connectivity index (χ2v) is 8.35. The highest BCUT2D eigenvalue weighted by Crippen LogP contribution is 2.38. The van der Waals surface area contributed by atoms with Crippen LogP contribution >= 0.6 is 22.9 Å². The van der Waals surface area contributed by atoms with Crippen molar-refractivity contribution in [3.8, 4) is 0 Å². The van der Waals surface area contributed by atoms with E-state index in [9.17, 15) is 31.7 Å². The molecule has 0 unspecified atom stereocenters. The van der Waals surface area contributed by atoms with Gasteiger partial charge >= 0.3 is 6.18 Å². The van der Waals surface area contributed by atoms with Crippen molar-refractivity contribution in [3.05, 3.63) is 50.3 Å². The molecule has 1 heterocycles. The van der Waals surface area contributed by atoms with E-state index < -0.39 is 32.4 Å². The third-order valence-corrected chi connectivity index (χ3v) is 6.59. The average molecular weight is 401 g/mol. The number of alkyl halides is 3. The van der Waals surface area contributed by atoms with Crippen LogP contribution in [-0.4, -0.2) is 20.4 Å². The number of sulfonamides is 1. The van der Waals surface area contributed by atoms with Crippen molar-refractivity contribution in [1.82, 2.24) is 0 Å². The quantitative estimate of drug-likeness (QED) is 0.570. The molecular weight excluding hydrogens is 393 g/mol. The summed E-state index contributed by atoms with van der Waals surface area (Å²) in [5.74, 6) is 0. The summed E-state index contributed by atoms with van der Waals surface area (Å²) in [7, 11) is -3.07. The molecule has 2 aromatic rings. The number of halogens is 4. The molecule has 0 fully saturated rings. The predicted octanol–water partition coefficient (Wildman–Crippen LogP) is 4.15. The number of anilines is 1. The van der Waals surface area contributed by atoms with Gasteiger partial charge in [-0.05, 0) is 24.3 Å². The summed E-state index contributed by atoms with van der Waals surface area (Å²) in [5, 5.41) is 10.7. The van der Waals surface area contributed by atoms with Crippen LogP contribution in [-0.2, 0) is 16.2 Å². The van der Waals surface area contributed by atoms with Crippen LogP contribution in [0.4, 0.5) is 24.5 Å². The number of hydrogen-bond acceptors (Lipinski definition) is 5. The lowest BCUT2D eigenvalue weighted by Gasteiger charge is -2.18. The van der Waals surface area contributed by atoms with Gasteiger partial charge in [-0.2, -0.15) is 13.2 Å². The van der Waals surface area contributed by atoms with Gasteiger partial charge in [-0.15, -0.1) is 11.3 Å². The van der Waals surface area contributed by atoms with Crippen LogP contribution in [0.5, 0.6) is 0 Å². The van der Waals surface area contributed by atoms with Gasteiger partial charge < -0.3 is 0 Å². The minimum Gasteiger partial charge on any atom is -0.269 e. The number of rotatable bonds is 4. The lowest BCUT2D eigenvalue weighted by molar-refractivity contribution is -0.384. The molecule has 0 aliphatic rings. The van der Waals surface area contributed by atoms with Crippen molar-refractivity contribution in [1.29, 1.82) is 0 Å². The molecule has 0 aliphatic carbocycles. The van der Waals surface area contributed by atoms with Crippen LogP contribution in [0, 0.1) is 10.1 Å². The molecule has 0 amide bonds. The first-order chi connectivity index (χ1) is 10.9. The maximum atomic E-state index is 12.5. The first-order valence-electron chi connectivity index (χ1n) is 6.04. The minimum atomic E-state index is -4.54. The van der Waals surface area contributed by atoms with Gasteiger partial charge in [0.2, 0.25) is 0 Å². The second-order valence-electron chi connectivity index (χ2n) is 4.50. The Morgan fingerprint density at radius 2 is 1.79 bits per heavy atom. The Morgan fingerprint density at radius 1 is 1.25 bits per heavy atom. The van der Waals surface area contributed by atoms with E-state index in [1.54, 1.807) is 0 Å². The highest BCUT2D eigenvalue weighted by atomic mass is 35.5. The van der Waals surface area contributed by atoms with E-state index in [2.05, 4.69) is 0 Å². The van der Waals surface area contributed by atoms with Crippen LogP contribution in [0.25, 0.3) is 0 Å². The van der Waals surface area contributed by atoms with Crippen LogP contribution in [0.15, 0.2) is 34.5 Å². The fraction of sp³-hybridized carbons (Fsp3) is 0.167. The predicted molar refractivity (Wildman–Crippen MR) is 83.0 cm³/mol. The zero-order chi connectivity index (χ0) is 18.3. The number of hydrogen-bond donors (Lipinski definition) is 0. The van der Waals surface area contributed by atoms with E-state index in [1.807, 2.05) is 0 Å². The van der Waals surface area contributed by atoms with Crippen molar-refractivity contribution < 1.29 is 26.5 Å². The summed E-state index contributed by atoms with van der Waals surface area (Å²) in [5.41, 5.74) is -1.51. The van der Waals surface area contributed by atoms with Crippen LogP contribution < -0.4 is 4.31 Å². The summed E-state index contributed by atoms with van der Waals surface area (Å²) in [6.45, 7) is 0. The zero-order valence-electron chi connectivity index (χ0n) is 11.7. The van der Waals surface area contributed by atoms with Gasteiger partial charge in [0.05, 0.1) is 16.2 Å². The summed E-state index contributed by atoms with van der Waals surface area (Å²) in [6.07, 6.45) is -4.54. The van der Waals surface area contributed by atoms with Gasteiger partial charge in [0.25, 0.3) is 15.7 Å². The first kappa shape index (κ1) is 18.5. The standard InChI is InChI=1S/C12H8ClF3N2O4S2/c1-17(8-4-2-7(3-5-8)12(14,15)16)24(21,22)10-6-9(18(19)20)11(13)23-10/h2-6H,1H3. The molecule has 0 saturated carbocycles. The third kappa shape index (κ3) is 3.47. The van der Waals surface area contributed by atoms with E-state index >= 15 is 0 Å². The third-order valence-electron chi connectivity index (χ3n) is 3.02. The van der Waals surface area contributed by atoms with Gasteiger partial charge in [-0.3, -0.25) is 14.4 Å². The smallest absolute Gasteiger partial charge is 0.269 e. The van der Waals surface area contributed by atoms with Gasteiger partial charge in [0.1, 0.15) is 4.21 Å². The fourth-order valence-electron chi connectivity index (χ4n) is 1.72. The summed E-state index contributed by atoms with van der Waals surface area (Å²) < 4.78 is 62.5. The monoisotopic (exact) mass is 400 g/mol. The molecule has 0 N–H and O–H groups in total. The second kappa shape index (κ2) is 6.22. The Hall–Kier alpha value is -1.85. The normalized spacial score (nSPS) is 12.2. The van der Waals surface area contributed by atoms with Gasteiger partial charge in [0.15, 0.2) is 4.34 Å². The molecule has 0 spiro atoms. The summed E-state index contributed by atoms with van der Waals surface area (Å²) >= 11 is 6.13. The molecule has 1 aromatic heterocycles. The minimum absolute atomic E-state index is 0.0322. The van der Waals surface area contributed by atoms with Gasteiger partial charge in [-0.1, -0.05) is 11.6 Å². The molecule has 0 radical (unpaired) electrons. The van der Waals surface area contributed by atoms with Gasteiger partial charge in [0, 0.05) is 13.1 Å². The van der Waals surface area contributed by atoms with Crippen LogP contribution in [0.3, 0.4) is 0 Å². The SMILES string of the molecule is CN(c1ccc(C(F)(F)F)cc1)S(=O)(=O)c1cc([N+](=O)[O-])c(Cl)s1. The summed E-state index contributed by atoms with van der Waals surface area (Å²) in [4.78, 5) is 9.92. The Bertz CT molecular complexity index is 879. The molecule has 1 aromatic carbocycles. The van der Waals surface area contributed by atoms with Crippen molar-refractivity contribution >= 4 is 44.3 Å². The van der Waals surface area contributed by atoms with Crippen molar-refractivity contribution in [2.75, 3.05) is 11.4 Å².